The van der Waals surface area contributed by atoms with Gasteiger partial charge in [0.1, 0.15) is 5.76 Å². The maximum Gasteiger partial charge on any atom is 0.309 e. The molecule has 0 saturated heterocycles. The highest BCUT2D eigenvalue weighted by molar-refractivity contribution is 7.29. The van der Waals surface area contributed by atoms with Gasteiger partial charge in [-0.1, -0.05) is 93.4 Å². The monoisotopic (exact) mass is 689 g/mol. The van der Waals surface area contributed by atoms with Crippen molar-refractivity contribution in [1.82, 2.24) is 0 Å². The van der Waals surface area contributed by atoms with Crippen LogP contribution in [0.15, 0.2) is 65.1 Å². The maximum atomic E-state index is 9.75. The van der Waals surface area contributed by atoms with Crippen LogP contribution in [0.5, 0.6) is 0 Å². The van der Waals surface area contributed by atoms with Crippen LogP contribution in [0, 0.1) is 17.7 Å². The SMILES string of the molecule is [2H]C([2H])([2H])c1cc2c3c(c1)N(c1ccc(C(C)(C)C)cc1)c1c(oc4c1C([2H])([2H])C(C([2H])([2H])[2H])(C([2H])([2H])[2H])C4)B3c1sc3c(c1N2c1ccc(C(C)(C)C)cc1)CC(C)(C)C3. The van der Waals surface area contributed by atoms with Crippen LogP contribution in [0.4, 0.5) is 34.1 Å². The Morgan fingerprint density at radius 1 is 0.760 bits per heavy atom. The number of hydrogen-bond acceptors (Lipinski definition) is 4. The zero-order valence-corrected chi connectivity index (χ0v) is 31.0. The number of hydrogen-bond donors (Lipinski definition) is 0. The van der Waals surface area contributed by atoms with Crippen LogP contribution in [-0.2, 0) is 36.5 Å². The van der Waals surface area contributed by atoms with Crippen molar-refractivity contribution < 1.29 is 19.5 Å². The summed E-state index contributed by atoms with van der Waals surface area (Å²) in [5.41, 5.74) is 5.11. The Labute approximate surface area is 319 Å². The van der Waals surface area contributed by atoms with E-state index in [0.29, 0.717) is 22.7 Å². The number of rotatable bonds is 2. The van der Waals surface area contributed by atoms with Gasteiger partial charge in [0.15, 0.2) is 0 Å². The minimum atomic E-state index is -3.24. The van der Waals surface area contributed by atoms with Crippen LogP contribution in [0.25, 0.3) is 0 Å². The molecular formula is C45H51BN2OS. The summed E-state index contributed by atoms with van der Waals surface area (Å²) in [4.78, 5) is 5.23. The molecule has 9 rings (SSSR count). The van der Waals surface area contributed by atoms with Crippen molar-refractivity contribution in [2.24, 2.45) is 10.8 Å². The van der Waals surface area contributed by atoms with Crippen LogP contribution in [0.3, 0.4) is 0 Å². The zero-order valence-electron chi connectivity index (χ0n) is 41.2. The second-order valence-corrected chi connectivity index (χ2v) is 18.8. The molecule has 0 bridgehead atoms. The number of furan rings is 1. The van der Waals surface area contributed by atoms with Gasteiger partial charge in [0.25, 0.3) is 0 Å². The zero-order chi connectivity index (χ0) is 44.6. The van der Waals surface area contributed by atoms with Crippen LogP contribution in [0.2, 0.25) is 0 Å². The third kappa shape index (κ3) is 4.75. The largest absolute Gasteiger partial charge is 0.473 e. The van der Waals surface area contributed by atoms with Gasteiger partial charge in [-0.05, 0) is 112 Å². The Balaban J connectivity index is 1.41. The van der Waals surface area contributed by atoms with Gasteiger partial charge in [-0.3, -0.25) is 0 Å². The van der Waals surface area contributed by atoms with Crippen molar-refractivity contribution in [2.45, 2.75) is 112 Å². The molecule has 2 aliphatic carbocycles. The first-order valence-corrected chi connectivity index (χ1v) is 18.5. The Hall–Kier alpha value is -3.70. The molecule has 2 aliphatic heterocycles. The van der Waals surface area contributed by atoms with E-state index in [0.717, 1.165) is 45.6 Å². The van der Waals surface area contributed by atoms with Crippen LogP contribution < -0.4 is 25.7 Å². The topological polar surface area (TPSA) is 19.6 Å². The molecule has 0 radical (unpaired) electrons. The molecule has 256 valence electrons. The minimum absolute atomic E-state index is 0.0176. The fourth-order valence-corrected chi connectivity index (χ4v) is 10.3. The predicted molar refractivity (Wildman–Crippen MR) is 215 cm³/mol. The summed E-state index contributed by atoms with van der Waals surface area (Å²) in [6.07, 6.45) is -1.98. The summed E-state index contributed by atoms with van der Waals surface area (Å²) in [5.74, 6) is -0.0176. The normalized spacial score (nSPS) is 23.2. The summed E-state index contributed by atoms with van der Waals surface area (Å²) in [6.45, 7) is 7.61. The minimum Gasteiger partial charge on any atom is -0.473 e. The average molecular weight is 690 g/mol. The van der Waals surface area contributed by atoms with Gasteiger partial charge in [0.05, 0.1) is 17.0 Å². The van der Waals surface area contributed by atoms with Crippen LogP contribution in [0.1, 0.15) is 123 Å². The lowest BCUT2D eigenvalue weighted by Gasteiger charge is -2.42. The Kier molecular flexibility index (Phi) is 4.55. The Morgan fingerprint density at radius 3 is 1.88 bits per heavy atom. The highest BCUT2D eigenvalue weighted by Gasteiger charge is 2.52. The van der Waals surface area contributed by atoms with Crippen molar-refractivity contribution in [3.8, 4) is 0 Å². The molecule has 2 aromatic heterocycles. The molecule has 50 heavy (non-hydrogen) atoms. The summed E-state index contributed by atoms with van der Waals surface area (Å²) in [7, 11) is 0. The van der Waals surface area contributed by atoms with Crippen molar-refractivity contribution in [3.05, 3.63) is 99.1 Å². The molecule has 3 aromatic carbocycles. The molecule has 0 spiro atoms. The van der Waals surface area contributed by atoms with E-state index in [4.69, 9.17) is 16.8 Å². The summed E-state index contributed by atoms with van der Waals surface area (Å²) in [5, 5.41) is 0. The quantitative estimate of drug-likeness (QED) is 0.169. The first-order chi connectivity index (χ1) is 27.9. The van der Waals surface area contributed by atoms with Crippen LogP contribution in [-0.4, -0.2) is 6.71 Å². The fraction of sp³-hybridized carbons (Fsp3) is 0.422. The lowest BCUT2D eigenvalue weighted by atomic mass is 9.38. The maximum absolute atomic E-state index is 9.75. The van der Waals surface area contributed by atoms with E-state index in [1.165, 1.54) is 10.4 Å². The third-order valence-corrected chi connectivity index (χ3v) is 12.3. The molecular weight excluding hydrogens is 627 g/mol. The van der Waals surface area contributed by atoms with Gasteiger partial charge >= 0.3 is 6.71 Å². The first-order valence-electron chi connectivity index (χ1n) is 23.2. The van der Waals surface area contributed by atoms with E-state index in [2.05, 4.69) is 84.6 Å². The molecule has 0 amide bonds. The molecule has 3 nitrogen and oxygen atoms in total. The second-order valence-electron chi connectivity index (χ2n) is 17.7. The number of aryl methyl sites for hydroxylation is 1. The number of thiophene rings is 1. The Bertz CT molecular complexity index is 2610. The van der Waals surface area contributed by atoms with E-state index in [1.54, 1.807) is 28.4 Å². The molecule has 4 aliphatic rings. The van der Waals surface area contributed by atoms with Gasteiger partial charge in [-0.25, -0.2) is 0 Å². The smallest absolute Gasteiger partial charge is 0.309 e. The number of fused-ring (bicyclic) bond motifs is 8. The molecule has 4 heterocycles. The van der Waals surface area contributed by atoms with Gasteiger partial charge < -0.3 is 14.2 Å². The number of nitrogens with zero attached hydrogens (tertiary/aromatic N) is 2. The highest BCUT2D eigenvalue weighted by Crippen LogP contribution is 2.53. The lowest BCUT2D eigenvalue weighted by Crippen LogP contribution is -2.60. The van der Waals surface area contributed by atoms with Crippen molar-refractivity contribution in [2.75, 3.05) is 9.80 Å². The molecule has 5 aromatic rings. The number of benzene rings is 3. The first kappa shape index (κ1) is 22.3. The summed E-state index contributed by atoms with van der Waals surface area (Å²) < 4.78 is 106. The van der Waals surface area contributed by atoms with E-state index < -0.39 is 45.5 Å². The van der Waals surface area contributed by atoms with E-state index in [1.807, 2.05) is 24.3 Å². The van der Waals surface area contributed by atoms with Crippen LogP contribution >= 0.6 is 11.3 Å². The molecule has 0 saturated carbocycles. The highest BCUT2D eigenvalue weighted by atomic mass is 32.1. The molecule has 0 atom stereocenters. The van der Waals surface area contributed by atoms with Crippen molar-refractivity contribution in [1.29, 1.82) is 0 Å². The predicted octanol–water partition coefficient (Wildman–Crippen LogP) is 10.6. The lowest BCUT2D eigenvalue weighted by molar-refractivity contribution is 0.368. The van der Waals surface area contributed by atoms with Gasteiger partial charge in [0, 0.05) is 59.5 Å². The van der Waals surface area contributed by atoms with Crippen molar-refractivity contribution >= 4 is 68.1 Å². The number of anilines is 6. The molecule has 0 unspecified atom stereocenters. The average Bonchev–Trinajstić information content (AvgIpc) is 3.81. The van der Waals surface area contributed by atoms with Crippen molar-refractivity contribution in [3.63, 3.8) is 0 Å². The summed E-state index contributed by atoms with van der Waals surface area (Å²) >= 11 is 1.69. The van der Waals surface area contributed by atoms with Gasteiger partial charge in [-0.15, -0.1) is 0 Å². The fourth-order valence-electron chi connectivity index (χ4n) is 8.59. The van der Waals surface area contributed by atoms with E-state index in [-0.39, 0.29) is 38.8 Å². The van der Waals surface area contributed by atoms with E-state index in [9.17, 15) is 2.74 Å². The molecule has 5 heteroatoms. The van der Waals surface area contributed by atoms with E-state index >= 15 is 0 Å². The Morgan fingerprint density at radius 2 is 1.34 bits per heavy atom. The standard InChI is InChI=1S/C45H51BN2OS/c1-26-20-33-37-34(21-26)48(30-18-14-28(15-19-30)43(5,6)7)39-32-23-45(10,11)25-36(32)50-41(39)46(37)40-38(31-22-44(8,9)24-35(31)49-40)47(33)29-16-12-27(13-17-29)42(2,3)4/h12-21H,22-25H2,1-11H3/i1D3,8D3,9D3,22D2. The summed E-state index contributed by atoms with van der Waals surface area (Å²) in [6, 6.07) is 19.6. The third-order valence-electron chi connectivity index (χ3n) is 11.0. The molecule has 0 fully saturated rings. The van der Waals surface area contributed by atoms with Gasteiger partial charge in [-0.2, -0.15) is 11.3 Å². The second kappa shape index (κ2) is 10.2. The van der Waals surface area contributed by atoms with Gasteiger partial charge in [0.2, 0.25) is 0 Å². The molecule has 0 N–H and O–H groups in total.